The van der Waals surface area contributed by atoms with E-state index in [1.807, 2.05) is 18.2 Å². The van der Waals surface area contributed by atoms with Gasteiger partial charge in [-0.05, 0) is 37.5 Å². The lowest BCUT2D eigenvalue weighted by Crippen LogP contribution is -2.15. The van der Waals surface area contributed by atoms with Crippen molar-refractivity contribution in [3.8, 4) is 5.75 Å². The van der Waals surface area contributed by atoms with Crippen molar-refractivity contribution in [2.24, 2.45) is 5.92 Å². The summed E-state index contributed by atoms with van der Waals surface area (Å²) in [4.78, 5) is 23.4. The van der Waals surface area contributed by atoms with E-state index in [-0.39, 0.29) is 17.8 Å². The molecule has 0 amide bonds. The molecule has 0 spiro atoms. The zero-order chi connectivity index (χ0) is 17.1. The Balaban J connectivity index is 1.71. The van der Waals surface area contributed by atoms with Crippen LogP contribution in [-0.4, -0.2) is 23.0 Å². The number of rotatable bonds is 5. The summed E-state index contributed by atoms with van der Waals surface area (Å²) in [5.74, 6) is -0.753. The van der Waals surface area contributed by atoms with Gasteiger partial charge in [0.15, 0.2) is 5.78 Å². The van der Waals surface area contributed by atoms with Crippen LogP contribution in [0.3, 0.4) is 0 Å². The molecule has 1 fully saturated rings. The highest BCUT2D eigenvalue weighted by molar-refractivity contribution is 6.32. The van der Waals surface area contributed by atoms with Crippen LogP contribution in [0.25, 0.3) is 0 Å². The lowest BCUT2D eigenvalue weighted by molar-refractivity contribution is -0.141. The van der Waals surface area contributed by atoms with Crippen LogP contribution in [0.2, 0.25) is 5.02 Å². The fraction of sp³-hybridized carbons (Fsp3) is 0.263. The van der Waals surface area contributed by atoms with Crippen LogP contribution in [0.4, 0.5) is 0 Å². The van der Waals surface area contributed by atoms with Crippen molar-refractivity contribution < 1.29 is 19.4 Å². The predicted molar refractivity (Wildman–Crippen MR) is 90.7 cm³/mol. The topological polar surface area (TPSA) is 63.6 Å². The van der Waals surface area contributed by atoms with E-state index in [0.717, 1.165) is 0 Å². The van der Waals surface area contributed by atoms with Crippen LogP contribution in [0.5, 0.6) is 5.75 Å². The molecule has 1 N–H and O–H groups in total. The number of ether oxygens (including phenoxy) is 1. The molecule has 0 heterocycles. The number of carboxylic acids is 1. The van der Waals surface area contributed by atoms with Gasteiger partial charge in [0.25, 0.3) is 0 Å². The van der Waals surface area contributed by atoms with Crippen molar-refractivity contribution >= 4 is 23.4 Å². The number of hydrogen-bond donors (Lipinski definition) is 1. The summed E-state index contributed by atoms with van der Waals surface area (Å²) in [6.07, 6.45) is 1.63. The molecule has 4 nitrogen and oxygen atoms in total. The Morgan fingerprint density at radius 1 is 1.04 bits per heavy atom. The Morgan fingerprint density at radius 2 is 1.79 bits per heavy atom. The normalized spacial score (nSPS) is 19.9. The van der Waals surface area contributed by atoms with Gasteiger partial charge < -0.3 is 9.84 Å². The summed E-state index contributed by atoms with van der Waals surface area (Å²) in [5, 5.41) is 9.40. The zero-order valence-electron chi connectivity index (χ0n) is 12.9. The third-order valence-corrected chi connectivity index (χ3v) is 4.55. The minimum atomic E-state index is -0.781. The van der Waals surface area contributed by atoms with E-state index in [9.17, 15) is 9.59 Å². The summed E-state index contributed by atoms with van der Waals surface area (Å²) >= 11 is 6.24. The van der Waals surface area contributed by atoms with Crippen LogP contribution < -0.4 is 4.74 Å². The number of aliphatic carboxylic acids is 1. The molecule has 0 aromatic heterocycles. The standard InChI is InChI=1S/C19H17ClO4/c20-16-11-13(18(21)12-4-2-1-3-5-12)7-9-17(16)24-15-8-6-14(10-15)19(22)23/h1-5,7,9,11,14-15H,6,8,10H2,(H,22,23)/t14-,15-/m0/s1. The number of benzene rings is 2. The molecule has 124 valence electrons. The van der Waals surface area contributed by atoms with E-state index in [4.69, 9.17) is 21.4 Å². The molecule has 1 aliphatic carbocycles. The van der Waals surface area contributed by atoms with E-state index in [2.05, 4.69) is 0 Å². The van der Waals surface area contributed by atoms with E-state index < -0.39 is 5.97 Å². The van der Waals surface area contributed by atoms with E-state index in [0.29, 0.717) is 41.2 Å². The highest BCUT2D eigenvalue weighted by atomic mass is 35.5. The monoisotopic (exact) mass is 344 g/mol. The highest BCUT2D eigenvalue weighted by Crippen LogP contribution is 2.33. The average molecular weight is 345 g/mol. The second-order valence-corrected chi connectivity index (χ2v) is 6.34. The van der Waals surface area contributed by atoms with Gasteiger partial charge in [0.1, 0.15) is 5.75 Å². The largest absolute Gasteiger partial charge is 0.489 e. The fourth-order valence-electron chi connectivity index (χ4n) is 2.94. The molecule has 24 heavy (non-hydrogen) atoms. The second kappa shape index (κ2) is 7.05. The molecular weight excluding hydrogens is 328 g/mol. The van der Waals surface area contributed by atoms with Gasteiger partial charge in [0.05, 0.1) is 17.0 Å². The van der Waals surface area contributed by atoms with Gasteiger partial charge in [-0.1, -0.05) is 41.9 Å². The molecule has 0 radical (unpaired) electrons. The Morgan fingerprint density at radius 3 is 2.42 bits per heavy atom. The molecule has 2 aromatic rings. The molecule has 0 saturated heterocycles. The summed E-state index contributed by atoms with van der Waals surface area (Å²) in [5.41, 5.74) is 1.09. The van der Waals surface area contributed by atoms with E-state index in [1.165, 1.54) is 0 Å². The number of carboxylic acid groups (broad SMARTS) is 1. The van der Waals surface area contributed by atoms with Gasteiger partial charge in [0.2, 0.25) is 0 Å². The quantitative estimate of drug-likeness (QED) is 0.825. The zero-order valence-corrected chi connectivity index (χ0v) is 13.7. The predicted octanol–water partition coefficient (Wildman–Crippen LogP) is 4.20. The Bertz CT molecular complexity index is 757. The van der Waals surface area contributed by atoms with Gasteiger partial charge in [-0.25, -0.2) is 0 Å². The molecule has 1 aliphatic rings. The van der Waals surface area contributed by atoms with Gasteiger partial charge in [-0.15, -0.1) is 0 Å². The summed E-state index contributed by atoms with van der Waals surface area (Å²) in [6.45, 7) is 0. The van der Waals surface area contributed by atoms with Crippen molar-refractivity contribution in [1.29, 1.82) is 0 Å². The van der Waals surface area contributed by atoms with Crippen LogP contribution in [0, 0.1) is 5.92 Å². The lowest BCUT2D eigenvalue weighted by Gasteiger charge is -2.15. The van der Waals surface area contributed by atoms with E-state index in [1.54, 1.807) is 30.3 Å². The first-order chi connectivity index (χ1) is 11.5. The molecular formula is C19H17ClO4. The highest BCUT2D eigenvalue weighted by Gasteiger charge is 2.31. The SMILES string of the molecule is O=C(c1ccccc1)c1ccc(O[C@H]2CC[C@H](C(=O)O)C2)c(Cl)c1. The average Bonchev–Trinajstić information content (AvgIpc) is 3.06. The first-order valence-electron chi connectivity index (χ1n) is 7.83. The van der Waals surface area contributed by atoms with Crippen LogP contribution in [-0.2, 0) is 4.79 Å². The van der Waals surface area contributed by atoms with Crippen molar-refractivity contribution in [2.75, 3.05) is 0 Å². The minimum Gasteiger partial charge on any atom is -0.489 e. The fourth-order valence-corrected chi connectivity index (χ4v) is 3.17. The molecule has 2 aromatic carbocycles. The smallest absolute Gasteiger partial charge is 0.306 e. The number of ketones is 1. The maximum absolute atomic E-state index is 12.4. The Kier molecular flexibility index (Phi) is 4.86. The van der Waals surface area contributed by atoms with Crippen molar-refractivity contribution in [3.63, 3.8) is 0 Å². The molecule has 2 atom stereocenters. The number of hydrogen-bond acceptors (Lipinski definition) is 3. The first kappa shape index (κ1) is 16.5. The maximum atomic E-state index is 12.4. The third-order valence-electron chi connectivity index (χ3n) is 4.26. The van der Waals surface area contributed by atoms with Gasteiger partial charge >= 0.3 is 5.97 Å². The molecule has 0 aliphatic heterocycles. The number of halogens is 1. The first-order valence-corrected chi connectivity index (χ1v) is 8.21. The summed E-state index contributed by atoms with van der Waals surface area (Å²) < 4.78 is 5.82. The van der Waals surface area contributed by atoms with Crippen molar-refractivity contribution in [1.82, 2.24) is 0 Å². The van der Waals surface area contributed by atoms with Crippen LogP contribution >= 0.6 is 11.6 Å². The molecule has 3 rings (SSSR count). The molecule has 0 bridgehead atoms. The van der Waals surface area contributed by atoms with Crippen molar-refractivity contribution in [3.05, 3.63) is 64.7 Å². The van der Waals surface area contributed by atoms with E-state index >= 15 is 0 Å². The molecule has 5 heteroatoms. The van der Waals surface area contributed by atoms with Crippen LogP contribution in [0.15, 0.2) is 48.5 Å². The minimum absolute atomic E-state index is 0.101. The lowest BCUT2D eigenvalue weighted by atomic mass is 10.0. The van der Waals surface area contributed by atoms with Gasteiger partial charge in [-0.2, -0.15) is 0 Å². The van der Waals surface area contributed by atoms with Crippen molar-refractivity contribution in [2.45, 2.75) is 25.4 Å². The molecule has 0 unspecified atom stereocenters. The molecule has 1 saturated carbocycles. The summed E-state index contributed by atoms with van der Waals surface area (Å²) in [6, 6.07) is 13.9. The van der Waals surface area contributed by atoms with Gasteiger partial charge in [0, 0.05) is 11.1 Å². The maximum Gasteiger partial charge on any atom is 0.306 e. The number of carbonyl (C=O) groups excluding carboxylic acids is 1. The van der Waals surface area contributed by atoms with Crippen LogP contribution in [0.1, 0.15) is 35.2 Å². The second-order valence-electron chi connectivity index (χ2n) is 5.93. The Hall–Kier alpha value is -2.33. The number of carbonyl (C=O) groups is 2. The van der Waals surface area contributed by atoms with Gasteiger partial charge in [-0.3, -0.25) is 9.59 Å². The summed E-state index contributed by atoms with van der Waals surface area (Å²) in [7, 11) is 0. The third kappa shape index (κ3) is 3.60. The Labute approximate surface area is 145 Å².